The van der Waals surface area contributed by atoms with Gasteiger partial charge in [-0.25, -0.2) is 0 Å². The number of quaternary nitrogens is 2. The summed E-state index contributed by atoms with van der Waals surface area (Å²) in [4.78, 5) is 1.86. The van der Waals surface area contributed by atoms with Crippen LogP contribution in [0.5, 0.6) is 0 Å². The summed E-state index contributed by atoms with van der Waals surface area (Å²) in [5.74, 6) is 0. The summed E-state index contributed by atoms with van der Waals surface area (Å²) in [5.41, 5.74) is 0. The molecule has 0 radical (unpaired) electrons. The smallest absolute Gasteiger partial charge is 0.129 e. The van der Waals surface area contributed by atoms with Crippen molar-refractivity contribution in [2.75, 3.05) is 45.8 Å². The number of piperazine rings is 3. The monoisotopic (exact) mass is 156 g/mol. The number of nitrogens with zero attached hydrogens (tertiary/aromatic N) is 1. The first kappa shape index (κ1) is 7.56. The molecule has 3 aliphatic heterocycles. The average Bonchev–Trinajstić information content (AvgIpc) is 2.07. The second-order valence-corrected chi connectivity index (χ2v) is 4.24. The van der Waals surface area contributed by atoms with E-state index in [2.05, 4.69) is 6.92 Å². The summed E-state index contributed by atoms with van der Waals surface area (Å²) >= 11 is 0. The minimum atomic E-state index is 1.37. The summed E-state index contributed by atoms with van der Waals surface area (Å²) < 4.78 is 1.46. The zero-order valence-corrected chi connectivity index (χ0v) is 7.60. The number of rotatable bonds is 2. The maximum atomic E-state index is 2.32. The largest absolute Gasteiger partial charge is 0.321 e. The zero-order valence-electron chi connectivity index (χ0n) is 7.60. The Bertz CT molecular complexity index is 117. The molecule has 3 aliphatic rings. The van der Waals surface area contributed by atoms with Crippen LogP contribution in [0.25, 0.3) is 0 Å². The van der Waals surface area contributed by atoms with Crippen LogP contribution in [0.2, 0.25) is 0 Å². The molecule has 0 aromatic rings. The molecule has 0 amide bonds. The van der Waals surface area contributed by atoms with Crippen molar-refractivity contribution in [1.82, 2.24) is 0 Å². The molecule has 0 aromatic carbocycles. The highest BCUT2D eigenvalue weighted by molar-refractivity contribution is 4.54. The Hall–Kier alpha value is -0.0800. The van der Waals surface area contributed by atoms with Crippen molar-refractivity contribution in [3.8, 4) is 0 Å². The van der Waals surface area contributed by atoms with Gasteiger partial charge in [0, 0.05) is 0 Å². The second-order valence-electron chi connectivity index (χ2n) is 4.24. The summed E-state index contributed by atoms with van der Waals surface area (Å²) in [5, 5.41) is 0. The van der Waals surface area contributed by atoms with Gasteiger partial charge in [-0.15, -0.1) is 0 Å². The summed E-state index contributed by atoms with van der Waals surface area (Å²) in [6, 6.07) is 0. The van der Waals surface area contributed by atoms with E-state index < -0.39 is 0 Å². The predicted molar refractivity (Wildman–Crippen MR) is 45.6 cm³/mol. The van der Waals surface area contributed by atoms with E-state index in [-0.39, 0.29) is 0 Å². The normalized spacial score (nSPS) is 42.8. The maximum Gasteiger partial charge on any atom is 0.129 e. The molecule has 11 heavy (non-hydrogen) atoms. The van der Waals surface area contributed by atoms with Gasteiger partial charge < -0.3 is 9.38 Å². The molecule has 3 rings (SSSR count). The molecule has 0 saturated carbocycles. The second kappa shape index (κ2) is 2.76. The first-order valence-corrected chi connectivity index (χ1v) is 5.03. The Balaban J connectivity index is 2.00. The first-order chi connectivity index (χ1) is 5.35. The third kappa shape index (κ3) is 1.30. The number of hydrogen-bond acceptors (Lipinski definition) is 0. The lowest BCUT2D eigenvalue weighted by Gasteiger charge is -2.48. The van der Waals surface area contributed by atoms with Gasteiger partial charge in [0.2, 0.25) is 0 Å². The van der Waals surface area contributed by atoms with Crippen LogP contribution in [0.1, 0.15) is 13.3 Å². The van der Waals surface area contributed by atoms with E-state index in [1.54, 1.807) is 0 Å². The molecule has 0 aromatic heterocycles. The van der Waals surface area contributed by atoms with Gasteiger partial charge in [0.15, 0.2) is 0 Å². The van der Waals surface area contributed by atoms with Crippen molar-refractivity contribution in [3.05, 3.63) is 0 Å². The Morgan fingerprint density at radius 1 is 1.09 bits per heavy atom. The highest BCUT2D eigenvalue weighted by Crippen LogP contribution is 2.10. The number of hydrogen-bond donors (Lipinski definition) is 1. The van der Waals surface area contributed by atoms with Crippen molar-refractivity contribution in [3.63, 3.8) is 0 Å². The highest BCUT2D eigenvalue weighted by atomic mass is 15.4. The zero-order chi connectivity index (χ0) is 7.73. The van der Waals surface area contributed by atoms with Gasteiger partial charge in [-0.3, -0.25) is 0 Å². The van der Waals surface area contributed by atoms with E-state index in [1.807, 2.05) is 4.90 Å². The van der Waals surface area contributed by atoms with E-state index in [1.165, 1.54) is 56.7 Å². The van der Waals surface area contributed by atoms with Gasteiger partial charge in [0.05, 0.1) is 6.54 Å². The van der Waals surface area contributed by atoms with E-state index in [9.17, 15) is 0 Å². The van der Waals surface area contributed by atoms with Gasteiger partial charge in [0.25, 0.3) is 0 Å². The quantitative estimate of drug-likeness (QED) is 0.496. The molecular formula is C9H20N2+2. The Morgan fingerprint density at radius 3 is 2.09 bits per heavy atom. The van der Waals surface area contributed by atoms with E-state index in [4.69, 9.17) is 0 Å². The predicted octanol–water partition coefficient (Wildman–Crippen LogP) is -0.875. The molecule has 64 valence electrons. The third-order valence-electron chi connectivity index (χ3n) is 3.52. The number of nitrogens with one attached hydrogen (secondary N) is 1. The Morgan fingerprint density at radius 2 is 1.64 bits per heavy atom. The lowest BCUT2D eigenvalue weighted by atomic mass is 10.1. The fraction of sp³-hybridized carbons (Fsp3) is 1.00. The average molecular weight is 156 g/mol. The van der Waals surface area contributed by atoms with Gasteiger partial charge in [-0.05, 0) is 6.42 Å². The molecule has 0 atom stereocenters. The molecular weight excluding hydrogens is 136 g/mol. The number of fused-ring (bicyclic) bond motifs is 3. The molecule has 0 unspecified atom stereocenters. The van der Waals surface area contributed by atoms with Crippen LogP contribution in [-0.4, -0.2) is 50.3 Å². The Kier molecular flexibility index (Phi) is 1.90. The fourth-order valence-corrected chi connectivity index (χ4v) is 2.71. The lowest BCUT2D eigenvalue weighted by molar-refractivity contribution is -1.07. The minimum Gasteiger partial charge on any atom is -0.321 e. The van der Waals surface area contributed by atoms with Crippen LogP contribution in [0, 0.1) is 0 Å². The van der Waals surface area contributed by atoms with Gasteiger partial charge >= 0.3 is 0 Å². The van der Waals surface area contributed by atoms with Gasteiger partial charge in [0.1, 0.15) is 39.3 Å². The Labute approximate surface area is 69.4 Å². The van der Waals surface area contributed by atoms with Crippen molar-refractivity contribution in [2.45, 2.75) is 13.3 Å². The molecule has 0 spiro atoms. The minimum absolute atomic E-state index is 1.37. The summed E-state index contributed by atoms with van der Waals surface area (Å²) in [6.45, 7) is 12.5. The van der Waals surface area contributed by atoms with Crippen LogP contribution in [-0.2, 0) is 0 Å². The summed E-state index contributed by atoms with van der Waals surface area (Å²) in [6.07, 6.45) is 1.37. The molecule has 2 heteroatoms. The SMILES string of the molecule is CCC[N+]12CC[NH+](CC1)CC2. The highest BCUT2D eigenvalue weighted by Gasteiger charge is 2.40. The molecule has 1 N–H and O–H groups in total. The third-order valence-corrected chi connectivity index (χ3v) is 3.52. The van der Waals surface area contributed by atoms with E-state index >= 15 is 0 Å². The summed E-state index contributed by atoms with van der Waals surface area (Å²) in [7, 11) is 0. The molecule has 3 saturated heterocycles. The van der Waals surface area contributed by atoms with E-state index in [0.29, 0.717) is 0 Å². The van der Waals surface area contributed by atoms with Crippen molar-refractivity contribution in [2.24, 2.45) is 0 Å². The van der Waals surface area contributed by atoms with Gasteiger partial charge in [-0.2, -0.15) is 0 Å². The van der Waals surface area contributed by atoms with Crippen molar-refractivity contribution >= 4 is 0 Å². The molecule has 3 heterocycles. The molecule has 2 bridgehead atoms. The van der Waals surface area contributed by atoms with E-state index in [0.717, 1.165) is 0 Å². The van der Waals surface area contributed by atoms with Crippen LogP contribution in [0.3, 0.4) is 0 Å². The lowest BCUT2D eigenvalue weighted by Crippen LogP contribution is -3.19. The topological polar surface area (TPSA) is 4.44 Å². The van der Waals surface area contributed by atoms with Crippen LogP contribution < -0.4 is 4.90 Å². The van der Waals surface area contributed by atoms with Crippen LogP contribution >= 0.6 is 0 Å². The maximum absolute atomic E-state index is 2.32. The molecule has 3 fully saturated rings. The van der Waals surface area contributed by atoms with Gasteiger partial charge in [-0.1, -0.05) is 6.92 Å². The first-order valence-electron chi connectivity index (χ1n) is 5.03. The van der Waals surface area contributed by atoms with Crippen LogP contribution in [0.15, 0.2) is 0 Å². The molecule has 0 aliphatic carbocycles. The van der Waals surface area contributed by atoms with Crippen molar-refractivity contribution < 1.29 is 9.38 Å². The fourth-order valence-electron chi connectivity index (χ4n) is 2.71. The molecule has 2 nitrogen and oxygen atoms in total. The van der Waals surface area contributed by atoms with Crippen LogP contribution in [0.4, 0.5) is 0 Å². The standard InChI is InChI=1S/C9H19N2/c1-2-6-11-7-3-10(4-8-11)5-9-11/h2-9H2,1H3/q+1/p+1. The van der Waals surface area contributed by atoms with Crippen molar-refractivity contribution in [1.29, 1.82) is 0 Å².